The lowest BCUT2D eigenvalue weighted by atomic mass is 10.0. The monoisotopic (exact) mass is 310 g/mol. The molecule has 0 fully saturated rings. The molecule has 0 heterocycles. The van der Waals surface area contributed by atoms with Crippen LogP contribution in [-0.2, 0) is 4.79 Å². The molecular formula is C12H13F3O4S. The molecule has 0 aromatic heterocycles. The lowest BCUT2D eigenvalue weighted by molar-refractivity contribution is -0.109. The number of carbonyl (C=O) groups excluding carboxylic acids is 1. The summed E-state index contributed by atoms with van der Waals surface area (Å²) in [5.74, 6) is -1.49. The van der Waals surface area contributed by atoms with Gasteiger partial charge in [-0.05, 0) is 12.1 Å². The Morgan fingerprint density at radius 1 is 1.40 bits per heavy atom. The fourth-order valence-electron chi connectivity index (χ4n) is 1.45. The molecule has 0 aliphatic carbocycles. The van der Waals surface area contributed by atoms with Crippen molar-refractivity contribution in [3.63, 3.8) is 0 Å². The molecule has 0 aliphatic heterocycles. The quantitative estimate of drug-likeness (QED) is 0.842. The molecule has 0 saturated heterocycles. The van der Waals surface area contributed by atoms with Crippen LogP contribution >= 0.6 is 11.8 Å². The summed E-state index contributed by atoms with van der Waals surface area (Å²) < 4.78 is 41.5. The van der Waals surface area contributed by atoms with Crippen LogP contribution in [0.1, 0.15) is 18.6 Å². The molecule has 20 heavy (non-hydrogen) atoms. The number of aliphatic hydroxyl groups excluding tert-OH is 2. The van der Waals surface area contributed by atoms with Gasteiger partial charge in [0.2, 0.25) is 0 Å². The van der Waals surface area contributed by atoms with Crippen LogP contribution in [0.2, 0.25) is 0 Å². The summed E-state index contributed by atoms with van der Waals surface area (Å²) in [6, 6.07) is 2.68. The van der Waals surface area contributed by atoms with E-state index in [2.05, 4.69) is 4.74 Å². The third-order valence-electron chi connectivity index (χ3n) is 2.33. The van der Waals surface area contributed by atoms with Crippen LogP contribution in [0.15, 0.2) is 18.2 Å². The summed E-state index contributed by atoms with van der Waals surface area (Å²) in [6.45, 7) is -1.90. The first kappa shape index (κ1) is 16.8. The van der Waals surface area contributed by atoms with Crippen molar-refractivity contribution in [3.05, 3.63) is 29.6 Å². The highest BCUT2D eigenvalue weighted by atomic mass is 32.2. The third kappa shape index (κ3) is 5.03. The van der Waals surface area contributed by atoms with Crippen molar-refractivity contribution >= 4 is 16.9 Å². The Hall–Kier alpha value is -1.25. The smallest absolute Gasteiger partial charge is 0.387 e. The van der Waals surface area contributed by atoms with Gasteiger partial charge in [-0.15, -0.1) is 0 Å². The molecule has 0 spiro atoms. The van der Waals surface area contributed by atoms with E-state index in [1.807, 2.05) is 0 Å². The number of halogens is 3. The van der Waals surface area contributed by atoms with Crippen LogP contribution in [0.3, 0.4) is 0 Å². The summed E-state index contributed by atoms with van der Waals surface area (Å²) in [4.78, 5) is 10.8. The molecular weight excluding hydrogens is 297 g/mol. The molecule has 1 aromatic rings. The van der Waals surface area contributed by atoms with Gasteiger partial charge < -0.3 is 14.9 Å². The molecule has 0 radical (unpaired) electrons. The van der Waals surface area contributed by atoms with Crippen molar-refractivity contribution in [1.29, 1.82) is 0 Å². The molecule has 2 N–H and O–H groups in total. The van der Waals surface area contributed by atoms with E-state index >= 15 is 0 Å². The second-order valence-electron chi connectivity index (χ2n) is 3.88. The maximum Gasteiger partial charge on any atom is 0.387 e. The first-order valence-corrected chi connectivity index (χ1v) is 6.53. The SMILES string of the molecule is CC(=O)SCC(O)C(O)c1ccc(F)cc1OC(F)F. The number of ether oxygens (including phenoxy) is 1. The van der Waals surface area contributed by atoms with E-state index in [-0.39, 0.29) is 16.4 Å². The van der Waals surface area contributed by atoms with E-state index in [0.29, 0.717) is 6.07 Å². The average molecular weight is 310 g/mol. The molecule has 0 saturated carbocycles. The molecule has 2 unspecified atom stereocenters. The molecule has 1 aromatic carbocycles. The van der Waals surface area contributed by atoms with Crippen molar-refractivity contribution in [3.8, 4) is 5.75 Å². The molecule has 112 valence electrons. The lowest BCUT2D eigenvalue weighted by Gasteiger charge is -2.20. The first-order valence-electron chi connectivity index (χ1n) is 5.55. The molecule has 4 nitrogen and oxygen atoms in total. The maximum absolute atomic E-state index is 13.0. The van der Waals surface area contributed by atoms with Gasteiger partial charge in [-0.3, -0.25) is 4.79 Å². The molecule has 1 rings (SSSR count). The van der Waals surface area contributed by atoms with Gasteiger partial charge in [-0.2, -0.15) is 8.78 Å². The zero-order valence-electron chi connectivity index (χ0n) is 10.4. The summed E-state index contributed by atoms with van der Waals surface area (Å²) in [5, 5.41) is 19.3. The van der Waals surface area contributed by atoms with Gasteiger partial charge in [0.1, 0.15) is 17.7 Å². The number of carbonyl (C=O) groups is 1. The molecule has 8 heteroatoms. The molecule has 0 amide bonds. The Kier molecular flexibility index (Phi) is 6.31. The Labute approximate surface area is 117 Å². The highest BCUT2D eigenvalue weighted by Crippen LogP contribution is 2.30. The largest absolute Gasteiger partial charge is 0.434 e. The number of hydrogen-bond acceptors (Lipinski definition) is 5. The van der Waals surface area contributed by atoms with Crippen LogP contribution in [0.25, 0.3) is 0 Å². The summed E-state index contributed by atoms with van der Waals surface area (Å²) in [5.41, 5.74) is -0.177. The fourth-order valence-corrected chi connectivity index (χ4v) is 2.04. The van der Waals surface area contributed by atoms with E-state index in [1.54, 1.807) is 0 Å². The molecule has 0 aliphatic rings. The van der Waals surface area contributed by atoms with Crippen molar-refractivity contribution in [1.82, 2.24) is 0 Å². The van der Waals surface area contributed by atoms with Gasteiger partial charge in [0, 0.05) is 24.3 Å². The average Bonchev–Trinajstić information content (AvgIpc) is 2.34. The van der Waals surface area contributed by atoms with E-state index in [9.17, 15) is 28.2 Å². The topological polar surface area (TPSA) is 66.8 Å². The molecule has 0 bridgehead atoms. The Bertz CT molecular complexity index is 470. The summed E-state index contributed by atoms with van der Waals surface area (Å²) in [7, 11) is 0. The number of thioether (sulfide) groups is 1. The van der Waals surface area contributed by atoms with Gasteiger partial charge in [0.15, 0.2) is 5.12 Å². The van der Waals surface area contributed by atoms with Crippen molar-refractivity contribution in [2.75, 3.05) is 5.75 Å². The third-order valence-corrected chi connectivity index (χ3v) is 3.25. The number of aliphatic hydroxyl groups is 2. The second-order valence-corrected chi connectivity index (χ2v) is 5.07. The predicted octanol–water partition coefficient (Wildman–Crippen LogP) is 2.10. The number of rotatable bonds is 6. The van der Waals surface area contributed by atoms with Crippen molar-refractivity contribution < 1.29 is 32.9 Å². The van der Waals surface area contributed by atoms with Crippen LogP contribution in [-0.4, -0.2) is 33.8 Å². The maximum atomic E-state index is 13.0. The molecule has 2 atom stereocenters. The van der Waals surface area contributed by atoms with E-state index in [4.69, 9.17) is 0 Å². The van der Waals surface area contributed by atoms with Gasteiger partial charge in [0.05, 0.1) is 6.10 Å². The van der Waals surface area contributed by atoms with Gasteiger partial charge in [0.25, 0.3) is 0 Å². The first-order chi connectivity index (χ1) is 9.31. The number of hydrogen-bond donors (Lipinski definition) is 2. The second kappa shape index (κ2) is 7.51. The minimum atomic E-state index is -3.19. The lowest BCUT2D eigenvalue weighted by Crippen LogP contribution is -2.22. The van der Waals surface area contributed by atoms with Crippen LogP contribution in [0.4, 0.5) is 13.2 Å². The van der Waals surface area contributed by atoms with Crippen molar-refractivity contribution in [2.45, 2.75) is 25.7 Å². The highest BCUT2D eigenvalue weighted by molar-refractivity contribution is 8.13. The van der Waals surface area contributed by atoms with E-state index in [0.717, 1.165) is 23.9 Å². The van der Waals surface area contributed by atoms with Crippen LogP contribution < -0.4 is 4.74 Å². The van der Waals surface area contributed by atoms with Gasteiger partial charge in [-0.1, -0.05) is 11.8 Å². The Morgan fingerprint density at radius 2 is 2.05 bits per heavy atom. The van der Waals surface area contributed by atoms with Crippen molar-refractivity contribution in [2.24, 2.45) is 0 Å². The zero-order valence-corrected chi connectivity index (χ0v) is 11.2. The standard InChI is InChI=1S/C12H13F3O4S/c1-6(16)20-5-9(17)11(18)8-3-2-7(13)4-10(8)19-12(14)15/h2-4,9,11-12,17-18H,5H2,1H3. The normalized spacial score (nSPS) is 14.2. The van der Waals surface area contributed by atoms with Crippen LogP contribution in [0, 0.1) is 5.82 Å². The fraction of sp³-hybridized carbons (Fsp3) is 0.417. The zero-order chi connectivity index (χ0) is 15.3. The van der Waals surface area contributed by atoms with Gasteiger partial charge >= 0.3 is 6.61 Å². The Balaban J connectivity index is 2.90. The Morgan fingerprint density at radius 3 is 2.60 bits per heavy atom. The van der Waals surface area contributed by atoms with Crippen LogP contribution in [0.5, 0.6) is 5.75 Å². The van der Waals surface area contributed by atoms with E-state index in [1.165, 1.54) is 6.92 Å². The summed E-state index contributed by atoms with van der Waals surface area (Å²) >= 11 is 0.773. The van der Waals surface area contributed by atoms with E-state index < -0.39 is 30.4 Å². The van der Waals surface area contributed by atoms with Gasteiger partial charge in [-0.25, -0.2) is 4.39 Å². The highest BCUT2D eigenvalue weighted by Gasteiger charge is 2.24. The minimum absolute atomic E-state index is 0.123. The number of alkyl halides is 2. The predicted molar refractivity (Wildman–Crippen MR) is 67.1 cm³/mol. The summed E-state index contributed by atoms with van der Waals surface area (Å²) in [6.07, 6.45) is -2.95. The minimum Gasteiger partial charge on any atom is -0.434 e. The number of benzene rings is 1.